The van der Waals surface area contributed by atoms with Gasteiger partial charge >= 0.3 is 0 Å². The van der Waals surface area contributed by atoms with Crippen molar-refractivity contribution in [2.24, 2.45) is 0 Å². The number of halogens is 2. The van der Waals surface area contributed by atoms with Crippen LogP contribution in [-0.2, 0) is 0 Å². The van der Waals surface area contributed by atoms with Crippen molar-refractivity contribution in [1.29, 1.82) is 0 Å². The van der Waals surface area contributed by atoms with Crippen LogP contribution in [0.1, 0.15) is 37.3 Å². The molecule has 20 heavy (non-hydrogen) atoms. The van der Waals surface area contributed by atoms with E-state index < -0.39 is 0 Å². The number of H-pyrrole nitrogens is 1. The molecule has 5 heteroatoms. The lowest BCUT2D eigenvalue weighted by Gasteiger charge is -2.12. The minimum absolute atomic E-state index is 0.104. The van der Waals surface area contributed by atoms with Crippen molar-refractivity contribution in [1.82, 2.24) is 9.97 Å². The van der Waals surface area contributed by atoms with Crippen LogP contribution in [0.2, 0.25) is 0 Å². The van der Waals surface area contributed by atoms with Gasteiger partial charge in [0.05, 0.1) is 5.69 Å². The minimum atomic E-state index is -0.104. The third kappa shape index (κ3) is 2.61. The van der Waals surface area contributed by atoms with Gasteiger partial charge in [-0.05, 0) is 34.8 Å². The summed E-state index contributed by atoms with van der Waals surface area (Å²) < 4.78 is 1.52. The van der Waals surface area contributed by atoms with Crippen LogP contribution < -0.4 is 5.56 Å². The highest BCUT2D eigenvalue weighted by molar-refractivity contribution is 9.10. The largest absolute Gasteiger partial charge is 0.306 e. The van der Waals surface area contributed by atoms with Gasteiger partial charge in [-0.25, -0.2) is 4.98 Å². The first-order valence-electron chi connectivity index (χ1n) is 6.71. The lowest BCUT2D eigenvalue weighted by molar-refractivity contribution is 0.688. The van der Waals surface area contributed by atoms with E-state index in [-0.39, 0.29) is 5.56 Å². The standard InChI is InChI=1S/C15H14Br2N2O/c16-11-8-4-3-7-10(11)14-18-13(9-5-1-2-6-9)12(17)15(20)19-14/h3-4,7-9H,1-2,5-6H2,(H,18,19,20). The molecule has 2 aromatic rings. The molecule has 0 radical (unpaired) electrons. The minimum Gasteiger partial charge on any atom is -0.306 e. The van der Waals surface area contributed by atoms with Gasteiger partial charge in [-0.3, -0.25) is 4.79 Å². The molecule has 1 N–H and O–H groups in total. The number of aromatic amines is 1. The van der Waals surface area contributed by atoms with Crippen molar-refractivity contribution in [3.05, 3.63) is 49.3 Å². The van der Waals surface area contributed by atoms with E-state index in [2.05, 4.69) is 36.8 Å². The molecule has 1 aliphatic rings. The van der Waals surface area contributed by atoms with Crippen molar-refractivity contribution in [3.8, 4) is 11.4 Å². The third-order valence-corrected chi connectivity index (χ3v) is 5.22. The van der Waals surface area contributed by atoms with E-state index in [1.165, 1.54) is 12.8 Å². The molecule has 1 heterocycles. The van der Waals surface area contributed by atoms with Crippen LogP contribution in [0.25, 0.3) is 11.4 Å². The summed E-state index contributed by atoms with van der Waals surface area (Å²) in [5.41, 5.74) is 1.71. The first-order valence-corrected chi connectivity index (χ1v) is 8.30. The monoisotopic (exact) mass is 396 g/mol. The second-order valence-corrected chi connectivity index (χ2v) is 6.72. The Bertz CT molecular complexity index is 691. The fraction of sp³-hybridized carbons (Fsp3) is 0.333. The number of nitrogens with one attached hydrogen (secondary N) is 1. The van der Waals surface area contributed by atoms with Gasteiger partial charge in [0.15, 0.2) is 0 Å². The lowest BCUT2D eigenvalue weighted by atomic mass is 10.0. The van der Waals surface area contributed by atoms with E-state index in [1.54, 1.807) is 0 Å². The Kier molecular flexibility index (Phi) is 4.08. The summed E-state index contributed by atoms with van der Waals surface area (Å²) in [5, 5.41) is 0. The molecule has 104 valence electrons. The quantitative estimate of drug-likeness (QED) is 0.803. The van der Waals surface area contributed by atoms with E-state index in [4.69, 9.17) is 4.98 Å². The average Bonchev–Trinajstić information content (AvgIpc) is 2.96. The molecule has 3 rings (SSSR count). The van der Waals surface area contributed by atoms with Gasteiger partial charge in [-0.1, -0.05) is 47.0 Å². The third-order valence-electron chi connectivity index (χ3n) is 3.76. The first kappa shape index (κ1) is 14.0. The Morgan fingerprint density at radius 3 is 2.55 bits per heavy atom. The van der Waals surface area contributed by atoms with Crippen LogP contribution in [0.3, 0.4) is 0 Å². The topological polar surface area (TPSA) is 45.8 Å². The molecule has 0 bridgehead atoms. The number of rotatable bonds is 2. The smallest absolute Gasteiger partial charge is 0.265 e. The molecule has 1 aromatic heterocycles. The van der Waals surface area contributed by atoms with Crippen molar-refractivity contribution in [2.45, 2.75) is 31.6 Å². The highest BCUT2D eigenvalue weighted by Gasteiger charge is 2.23. The van der Waals surface area contributed by atoms with Gasteiger partial charge in [0.2, 0.25) is 0 Å². The molecule has 1 aromatic carbocycles. The molecule has 0 spiro atoms. The van der Waals surface area contributed by atoms with Crippen LogP contribution in [0, 0.1) is 0 Å². The molecule has 3 nitrogen and oxygen atoms in total. The van der Waals surface area contributed by atoms with Gasteiger partial charge in [0, 0.05) is 16.0 Å². The van der Waals surface area contributed by atoms with Crippen LogP contribution in [0.15, 0.2) is 38.0 Å². The zero-order valence-corrected chi connectivity index (χ0v) is 14.0. The predicted octanol–water partition coefficient (Wildman–Crippen LogP) is 4.62. The molecule has 0 amide bonds. The van der Waals surface area contributed by atoms with Crippen molar-refractivity contribution in [2.75, 3.05) is 0 Å². The summed E-state index contributed by atoms with van der Waals surface area (Å²) in [6.07, 6.45) is 4.67. The summed E-state index contributed by atoms with van der Waals surface area (Å²) >= 11 is 6.91. The molecule has 0 saturated heterocycles. The Morgan fingerprint density at radius 2 is 1.85 bits per heavy atom. The Labute approximate surface area is 134 Å². The number of hydrogen-bond donors (Lipinski definition) is 1. The van der Waals surface area contributed by atoms with Gasteiger partial charge in [0.1, 0.15) is 10.3 Å². The number of nitrogens with zero attached hydrogens (tertiary/aromatic N) is 1. The van der Waals surface area contributed by atoms with Crippen molar-refractivity contribution < 1.29 is 0 Å². The zero-order chi connectivity index (χ0) is 14.1. The highest BCUT2D eigenvalue weighted by atomic mass is 79.9. The second kappa shape index (κ2) is 5.82. The maximum Gasteiger partial charge on any atom is 0.265 e. The van der Waals surface area contributed by atoms with Crippen molar-refractivity contribution in [3.63, 3.8) is 0 Å². The Balaban J connectivity index is 2.14. The van der Waals surface area contributed by atoms with E-state index in [0.717, 1.165) is 28.6 Å². The molecule has 0 unspecified atom stereocenters. The molecule has 1 fully saturated rings. The predicted molar refractivity (Wildman–Crippen MR) is 86.9 cm³/mol. The number of aromatic nitrogens is 2. The Hall–Kier alpha value is -0.940. The van der Waals surface area contributed by atoms with E-state index in [9.17, 15) is 4.79 Å². The lowest BCUT2D eigenvalue weighted by Crippen LogP contribution is -2.15. The highest BCUT2D eigenvalue weighted by Crippen LogP contribution is 2.36. The van der Waals surface area contributed by atoms with Gasteiger partial charge in [-0.2, -0.15) is 0 Å². The summed E-state index contributed by atoms with van der Waals surface area (Å²) in [6, 6.07) is 7.79. The molecule has 0 aliphatic heterocycles. The molecule has 1 aliphatic carbocycles. The summed E-state index contributed by atoms with van der Waals surface area (Å²) in [5.74, 6) is 1.03. The Morgan fingerprint density at radius 1 is 1.15 bits per heavy atom. The van der Waals surface area contributed by atoms with Crippen LogP contribution in [0.5, 0.6) is 0 Å². The maximum atomic E-state index is 12.1. The summed E-state index contributed by atoms with van der Waals surface area (Å²) in [4.78, 5) is 19.7. The molecule has 0 atom stereocenters. The molecular weight excluding hydrogens is 384 g/mol. The van der Waals surface area contributed by atoms with Crippen LogP contribution in [-0.4, -0.2) is 9.97 Å². The summed E-state index contributed by atoms with van der Waals surface area (Å²) in [6.45, 7) is 0. The number of hydrogen-bond acceptors (Lipinski definition) is 2. The van der Waals surface area contributed by atoms with Gasteiger partial charge in [-0.15, -0.1) is 0 Å². The fourth-order valence-electron chi connectivity index (χ4n) is 2.73. The van der Waals surface area contributed by atoms with Gasteiger partial charge in [0.25, 0.3) is 5.56 Å². The first-order chi connectivity index (χ1) is 9.66. The number of benzene rings is 1. The van der Waals surface area contributed by atoms with Crippen LogP contribution >= 0.6 is 31.9 Å². The molecule has 1 saturated carbocycles. The average molecular weight is 398 g/mol. The normalized spacial score (nSPS) is 15.7. The fourth-order valence-corrected chi connectivity index (χ4v) is 3.71. The van der Waals surface area contributed by atoms with E-state index in [1.807, 2.05) is 24.3 Å². The second-order valence-electron chi connectivity index (χ2n) is 5.07. The SMILES string of the molecule is O=c1[nH]c(-c2ccccc2Br)nc(C2CCCC2)c1Br. The van der Waals surface area contributed by atoms with Crippen molar-refractivity contribution >= 4 is 31.9 Å². The maximum absolute atomic E-state index is 12.1. The zero-order valence-electron chi connectivity index (χ0n) is 10.8. The molecular formula is C15H14Br2N2O. The van der Waals surface area contributed by atoms with E-state index in [0.29, 0.717) is 16.2 Å². The van der Waals surface area contributed by atoms with Crippen LogP contribution in [0.4, 0.5) is 0 Å². The summed E-state index contributed by atoms with van der Waals surface area (Å²) in [7, 11) is 0. The van der Waals surface area contributed by atoms with E-state index >= 15 is 0 Å². The van der Waals surface area contributed by atoms with Gasteiger partial charge < -0.3 is 4.98 Å².